The first-order valence-corrected chi connectivity index (χ1v) is 6.52. The van der Waals surface area contributed by atoms with Gasteiger partial charge in [0.2, 0.25) is 0 Å². The standard InChI is InChI=1S/C13H23NO2/c1-15-10-6-13(7-11(10)16-2)9-4-3-8(5-9)12(13)14/h8-12H,3-7,14H2,1-2H3/t8?,9?,10-,11?,12+,13?/m1/s1. The van der Waals surface area contributed by atoms with Gasteiger partial charge in [-0.15, -0.1) is 0 Å². The molecule has 0 saturated heterocycles. The van der Waals surface area contributed by atoms with Crippen LogP contribution in [0.5, 0.6) is 0 Å². The van der Waals surface area contributed by atoms with E-state index in [9.17, 15) is 0 Å². The quantitative estimate of drug-likeness (QED) is 0.775. The van der Waals surface area contributed by atoms with E-state index in [1.54, 1.807) is 14.2 Å². The second-order valence-electron chi connectivity index (χ2n) is 5.99. The van der Waals surface area contributed by atoms with Crippen LogP contribution in [0.1, 0.15) is 32.1 Å². The highest BCUT2D eigenvalue weighted by Gasteiger charge is 2.61. The first-order chi connectivity index (χ1) is 7.71. The summed E-state index contributed by atoms with van der Waals surface area (Å²) in [5.74, 6) is 1.61. The molecule has 4 unspecified atom stereocenters. The van der Waals surface area contributed by atoms with Gasteiger partial charge in [-0.05, 0) is 49.4 Å². The third kappa shape index (κ3) is 1.25. The van der Waals surface area contributed by atoms with Crippen molar-refractivity contribution in [1.29, 1.82) is 0 Å². The summed E-state index contributed by atoms with van der Waals surface area (Å²) in [6.45, 7) is 0. The molecule has 92 valence electrons. The number of fused-ring (bicyclic) bond motifs is 3. The van der Waals surface area contributed by atoms with Crippen LogP contribution in [0.3, 0.4) is 0 Å². The predicted octanol–water partition coefficient (Wildman–Crippen LogP) is 1.55. The minimum absolute atomic E-state index is 0.260. The lowest BCUT2D eigenvalue weighted by Gasteiger charge is -2.39. The first-order valence-electron chi connectivity index (χ1n) is 6.52. The van der Waals surface area contributed by atoms with Crippen molar-refractivity contribution in [2.45, 2.75) is 50.4 Å². The highest BCUT2D eigenvalue weighted by Crippen LogP contribution is 2.62. The summed E-state index contributed by atoms with van der Waals surface area (Å²) >= 11 is 0. The molecule has 3 heteroatoms. The Morgan fingerprint density at radius 1 is 1.06 bits per heavy atom. The molecular formula is C13H23NO2. The van der Waals surface area contributed by atoms with E-state index in [4.69, 9.17) is 15.2 Å². The number of nitrogens with two attached hydrogens (primary N) is 1. The van der Waals surface area contributed by atoms with Gasteiger partial charge in [-0.3, -0.25) is 0 Å². The van der Waals surface area contributed by atoms with Crippen LogP contribution in [0.2, 0.25) is 0 Å². The molecule has 0 aromatic heterocycles. The maximum Gasteiger partial charge on any atom is 0.0838 e. The summed E-state index contributed by atoms with van der Waals surface area (Å²) in [7, 11) is 3.60. The molecule has 3 rings (SSSR count). The number of rotatable bonds is 2. The van der Waals surface area contributed by atoms with Crippen molar-refractivity contribution in [2.24, 2.45) is 23.0 Å². The minimum Gasteiger partial charge on any atom is -0.379 e. The van der Waals surface area contributed by atoms with Crippen molar-refractivity contribution < 1.29 is 9.47 Å². The van der Waals surface area contributed by atoms with Gasteiger partial charge in [-0.2, -0.15) is 0 Å². The average molecular weight is 225 g/mol. The first kappa shape index (κ1) is 11.0. The van der Waals surface area contributed by atoms with Crippen molar-refractivity contribution in [2.75, 3.05) is 14.2 Å². The summed E-state index contributed by atoms with van der Waals surface area (Å²) in [5.41, 5.74) is 6.82. The maximum atomic E-state index is 6.48. The van der Waals surface area contributed by atoms with Crippen molar-refractivity contribution >= 4 is 0 Å². The molecule has 0 heterocycles. The van der Waals surface area contributed by atoms with Crippen LogP contribution in [0.25, 0.3) is 0 Å². The summed E-state index contributed by atoms with van der Waals surface area (Å²) in [5, 5.41) is 0. The lowest BCUT2D eigenvalue weighted by molar-refractivity contribution is -0.0157. The molecule has 3 nitrogen and oxygen atoms in total. The second-order valence-corrected chi connectivity index (χ2v) is 5.99. The van der Waals surface area contributed by atoms with E-state index in [0.29, 0.717) is 11.5 Å². The van der Waals surface area contributed by atoms with Crippen LogP contribution in [0.15, 0.2) is 0 Å². The van der Waals surface area contributed by atoms with E-state index in [1.165, 1.54) is 19.3 Å². The molecule has 0 aromatic carbocycles. The van der Waals surface area contributed by atoms with Crippen LogP contribution < -0.4 is 5.73 Å². The Balaban J connectivity index is 1.85. The Morgan fingerprint density at radius 3 is 2.12 bits per heavy atom. The molecule has 3 aliphatic rings. The van der Waals surface area contributed by atoms with Gasteiger partial charge < -0.3 is 15.2 Å². The zero-order valence-electron chi connectivity index (χ0n) is 10.3. The van der Waals surface area contributed by atoms with Gasteiger partial charge >= 0.3 is 0 Å². The third-order valence-corrected chi connectivity index (χ3v) is 5.64. The smallest absolute Gasteiger partial charge is 0.0838 e. The van der Waals surface area contributed by atoms with Gasteiger partial charge in [0.15, 0.2) is 0 Å². The normalized spacial score (nSPS) is 55.3. The highest BCUT2D eigenvalue weighted by molar-refractivity contribution is 5.13. The van der Waals surface area contributed by atoms with Crippen LogP contribution in [-0.4, -0.2) is 32.5 Å². The van der Waals surface area contributed by atoms with Gasteiger partial charge in [0, 0.05) is 20.3 Å². The van der Waals surface area contributed by atoms with E-state index in [2.05, 4.69) is 0 Å². The number of hydrogen-bond acceptors (Lipinski definition) is 3. The second kappa shape index (κ2) is 3.69. The van der Waals surface area contributed by atoms with Gasteiger partial charge in [-0.25, -0.2) is 0 Å². The summed E-state index contributed by atoms with van der Waals surface area (Å²) < 4.78 is 11.2. The van der Waals surface area contributed by atoms with Crippen LogP contribution in [-0.2, 0) is 9.47 Å². The molecule has 3 aliphatic carbocycles. The number of hydrogen-bond donors (Lipinski definition) is 1. The van der Waals surface area contributed by atoms with Crippen molar-refractivity contribution in [3.05, 3.63) is 0 Å². The fourth-order valence-electron chi connectivity index (χ4n) is 4.78. The Morgan fingerprint density at radius 2 is 1.69 bits per heavy atom. The molecule has 0 amide bonds. The molecule has 3 saturated carbocycles. The predicted molar refractivity (Wildman–Crippen MR) is 62.1 cm³/mol. The fourth-order valence-corrected chi connectivity index (χ4v) is 4.78. The number of ether oxygens (including phenoxy) is 2. The third-order valence-electron chi connectivity index (χ3n) is 5.64. The van der Waals surface area contributed by atoms with Crippen LogP contribution in [0.4, 0.5) is 0 Å². The van der Waals surface area contributed by atoms with Gasteiger partial charge in [0.05, 0.1) is 12.2 Å². The summed E-state index contributed by atoms with van der Waals surface area (Å²) in [6.07, 6.45) is 6.84. The van der Waals surface area contributed by atoms with Crippen molar-refractivity contribution in [1.82, 2.24) is 0 Å². The fraction of sp³-hybridized carbons (Fsp3) is 1.00. The van der Waals surface area contributed by atoms with E-state index in [0.717, 1.165) is 24.7 Å². The Bertz CT molecular complexity index is 265. The number of methoxy groups -OCH3 is 2. The van der Waals surface area contributed by atoms with E-state index < -0.39 is 0 Å². The molecule has 1 spiro atoms. The summed E-state index contributed by atoms with van der Waals surface area (Å²) in [6, 6.07) is 0.393. The van der Waals surface area contributed by atoms with Crippen molar-refractivity contribution in [3.63, 3.8) is 0 Å². The maximum absolute atomic E-state index is 6.48. The van der Waals surface area contributed by atoms with Gasteiger partial charge in [0.1, 0.15) is 0 Å². The molecule has 16 heavy (non-hydrogen) atoms. The van der Waals surface area contributed by atoms with E-state index in [1.807, 2.05) is 0 Å². The molecule has 0 aromatic rings. The Hall–Kier alpha value is -0.120. The van der Waals surface area contributed by atoms with Crippen LogP contribution in [0, 0.1) is 17.3 Å². The van der Waals surface area contributed by atoms with Crippen LogP contribution >= 0.6 is 0 Å². The lowest BCUT2D eigenvalue weighted by atomic mass is 9.69. The molecular weight excluding hydrogens is 202 g/mol. The SMILES string of the molecule is COC1CC2(C[C@H]1OC)C1CCC(C1)[C@@H]2N. The zero-order chi connectivity index (χ0) is 11.3. The lowest BCUT2D eigenvalue weighted by Crippen LogP contribution is -2.45. The van der Waals surface area contributed by atoms with E-state index >= 15 is 0 Å². The average Bonchev–Trinajstić information content (AvgIpc) is 2.97. The summed E-state index contributed by atoms with van der Waals surface area (Å²) in [4.78, 5) is 0. The minimum atomic E-state index is 0.260. The topological polar surface area (TPSA) is 44.5 Å². The molecule has 2 bridgehead atoms. The Kier molecular flexibility index (Phi) is 2.54. The molecule has 6 atom stereocenters. The van der Waals surface area contributed by atoms with Crippen molar-refractivity contribution in [3.8, 4) is 0 Å². The molecule has 3 fully saturated rings. The largest absolute Gasteiger partial charge is 0.379 e. The van der Waals surface area contributed by atoms with E-state index in [-0.39, 0.29) is 12.2 Å². The van der Waals surface area contributed by atoms with Gasteiger partial charge in [0.25, 0.3) is 0 Å². The molecule has 0 radical (unpaired) electrons. The molecule has 0 aliphatic heterocycles. The highest BCUT2D eigenvalue weighted by atomic mass is 16.5. The van der Waals surface area contributed by atoms with Gasteiger partial charge in [-0.1, -0.05) is 0 Å². The Labute approximate surface area is 97.7 Å². The molecule has 2 N–H and O–H groups in total. The monoisotopic (exact) mass is 225 g/mol. The zero-order valence-corrected chi connectivity index (χ0v) is 10.3.